The molecule has 1 aromatic heterocycles. The maximum absolute atomic E-state index is 13.2. The summed E-state index contributed by atoms with van der Waals surface area (Å²) in [5, 5.41) is 11.6. The Morgan fingerprint density at radius 2 is 1.88 bits per heavy atom. The molecule has 0 fully saturated rings. The van der Waals surface area contributed by atoms with Crippen LogP contribution < -0.4 is 0 Å². The standard InChI is InChI=1S/C18H13F3N2O2S/c1-10(2)16-17(26-11-6-4-3-5-7-11)12-8-15(23(24)25)13(18(19,20)21)9-14(12)22-16/h3-9,22H,1H2,2H3. The Kier molecular flexibility index (Phi) is 4.53. The first-order chi connectivity index (χ1) is 12.2. The van der Waals surface area contributed by atoms with Crippen LogP contribution in [0.25, 0.3) is 16.5 Å². The molecule has 0 spiro atoms. The molecule has 0 amide bonds. The predicted molar refractivity (Wildman–Crippen MR) is 95.2 cm³/mol. The van der Waals surface area contributed by atoms with E-state index in [-0.39, 0.29) is 5.52 Å². The number of aromatic nitrogens is 1. The third-order valence-corrected chi connectivity index (χ3v) is 4.90. The van der Waals surface area contributed by atoms with E-state index < -0.39 is 22.4 Å². The Hall–Kier alpha value is -2.74. The minimum absolute atomic E-state index is 0.180. The van der Waals surface area contributed by atoms with E-state index >= 15 is 0 Å². The van der Waals surface area contributed by atoms with Gasteiger partial charge in [-0.2, -0.15) is 13.2 Å². The van der Waals surface area contributed by atoms with Crippen molar-refractivity contribution in [2.45, 2.75) is 22.9 Å². The molecule has 0 bridgehead atoms. The third-order valence-electron chi connectivity index (χ3n) is 3.76. The van der Waals surface area contributed by atoms with Gasteiger partial charge >= 0.3 is 6.18 Å². The van der Waals surface area contributed by atoms with Crippen LogP contribution >= 0.6 is 11.8 Å². The number of rotatable bonds is 4. The lowest BCUT2D eigenvalue weighted by atomic mass is 10.1. The maximum atomic E-state index is 13.2. The molecule has 0 aliphatic rings. The van der Waals surface area contributed by atoms with E-state index in [1.807, 2.05) is 30.3 Å². The fraction of sp³-hybridized carbons (Fsp3) is 0.111. The van der Waals surface area contributed by atoms with Crippen molar-refractivity contribution < 1.29 is 18.1 Å². The molecule has 2 aromatic carbocycles. The van der Waals surface area contributed by atoms with Gasteiger partial charge in [0.1, 0.15) is 5.56 Å². The Balaban J connectivity index is 2.29. The molecule has 0 atom stereocenters. The molecule has 3 aromatic rings. The number of allylic oxidation sites excluding steroid dienone is 1. The first kappa shape index (κ1) is 18.1. The highest BCUT2D eigenvalue weighted by Gasteiger charge is 2.39. The summed E-state index contributed by atoms with van der Waals surface area (Å²) in [6.45, 7) is 5.57. The van der Waals surface area contributed by atoms with Gasteiger partial charge in [0, 0.05) is 26.8 Å². The number of H-pyrrole nitrogens is 1. The highest BCUT2D eigenvalue weighted by molar-refractivity contribution is 7.99. The lowest BCUT2D eigenvalue weighted by Crippen LogP contribution is -2.08. The van der Waals surface area contributed by atoms with Gasteiger partial charge < -0.3 is 4.98 Å². The van der Waals surface area contributed by atoms with Gasteiger partial charge in [-0.15, -0.1) is 0 Å². The van der Waals surface area contributed by atoms with Crippen molar-refractivity contribution in [3.05, 3.63) is 70.4 Å². The zero-order chi connectivity index (χ0) is 19.1. The predicted octanol–water partition coefficient (Wildman–Crippen LogP) is 6.28. The van der Waals surface area contributed by atoms with Gasteiger partial charge in [-0.25, -0.2) is 0 Å². The normalized spacial score (nSPS) is 11.7. The number of alkyl halides is 3. The summed E-state index contributed by atoms with van der Waals surface area (Å²) in [5.41, 5.74) is -0.884. The Labute approximate surface area is 150 Å². The van der Waals surface area contributed by atoms with Crippen LogP contribution in [0.3, 0.4) is 0 Å². The van der Waals surface area contributed by atoms with Gasteiger partial charge in [0.05, 0.1) is 10.6 Å². The maximum Gasteiger partial charge on any atom is 0.423 e. The Morgan fingerprint density at radius 1 is 1.23 bits per heavy atom. The second-order valence-corrected chi connectivity index (χ2v) is 6.78. The molecule has 1 heterocycles. The van der Waals surface area contributed by atoms with Crippen molar-refractivity contribution in [3.63, 3.8) is 0 Å². The number of hydrogen-bond acceptors (Lipinski definition) is 3. The molecule has 0 aliphatic carbocycles. The van der Waals surface area contributed by atoms with E-state index in [0.717, 1.165) is 17.0 Å². The highest BCUT2D eigenvalue weighted by atomic mass is 32.2. The summed E-state index contributed by atoms with van der Waals surface area (Å²) in [6, 6.07) is 11.0. The van der Waals surface area contributed by atoms with Gasteiger partial charge in [0.2, 0.25) is 0 Å². The summed E-state index contributed by atoms with van der Waals surface area (Å²) in [5.74, 6) is 0. The van der Waals surface area contributed by atoms with Crippen LogP contribution in [0, 0.1) is 10.1 Å². The van der Waals surface area contributed by atoms with Crippen LogP contribution in [0.5, 0.6) is 0 Å². The van der Waals surface area contributed by atoms with Gasteiger partial charge in [0.25, 0.3) is 5.69 Å². The van der Waals surface area contributed by atoms with Gasteiger partial charge in [-0.1, -0.05) is 36.5 Å². The molecule has 4 nitrogen and oxygen atoms in total. The van der Waals surface area contributed by atoms with E-state index in [1.165, 1.54) is 11.8 Å². The Morgan fingerprint density at radius 3 is 2.42 bits per heavy atom. The monoisotopic (exact) mass is 378 g/mol. The molecule has 26 heavy (non-hydrogen) atoms. The van der Waals surface area contributed by atoms with Crippen LogP contribution in [-0.2, 0) is 6.18 Å². The van der Waals surface area contributed by atoms with E-state index in [2.05, 4.69) is 11.6 Å². The number of nitrogens with zero attached hydrogens (tertiary/aromatic N) is 1. The lowest BCUT2D eigenvalue weighted by molar-refractivity contribution is -0.387. The summed E-state index contributed by atoms with van der Waals surface area (Å²) in [7, 11) is 0. The van der Waals surface area contributed by atoms with Crippen LogP contribution in [0.4, 0.5) is 18.9 Å². The Bertz CT molecular complexity index is 1010. The highest BCUT2D eigenvalue weighted by Crippen LogP contribution is 2.44. The molecule has 8 heteroatoms. The second-order valence-electron chi connectivity index (χ2n) is 5.69. The molecule has 134 valence electrons. The number of halogens is 3. The number of nitrogens with one attached hydrogen (secondary N) is 1. The topological polar surface area (TPSA) is 58.9 Å². The molecule has 0 radical (unpaired) electrons. The van der Waals surface area contributed by atoms with E-state index in [1.54, 1.807) is 6.92 Å². The lowest BCUT2D eigenvalue weighted by Gasteiger charge is -2.08. The molecular weight excluding hydrogens is 365 g/mol. The number of fused-ring (bicyclic) bond motifs is 1. The summed E-state index contributed by atoms with van der Waals surface area (Å²) in [6.07, 6.45) is -4.82. The minimum Gasteiger partial charge on any atom is -0.354 e. The molecule has 0 saturated carbocycles. The van der Waals surface area contributed by atoms with Crippen molar-refractivity contribution in [2.75, 3.05) is 0 Å². The van der Waals surface area contributed by atoms with Crippen molar-refractivity contribution in [2.24, 2.45) is 0 Å². The average Bonchev–Trinajstić information content (AvgIpc) is 2.92. The van der Waals surface area contributed by atoms with Crippen molar-refractivity contribution in [3.8, 4) is 0 Å². The van der Waals surface area contributed by atoms with E-state index in [0.29, 0.717) is 21.5 Å². The quantitative estimate of drug-likeness (QED) is 0.429. The van der Waals surface area contributed by atoms with E-state index in [4.69, 9.17) is 0 Å². The fourth-order valence-electron chi connectivity index (χ4n) is 2.60. The smallest absolute Gasteiger partial charge is 0.354 e. The largest absolute Gasteiger partial charge is 0.423 e. The van der Waals surface area contributed by atoms with E-state index in [9.17, 15) is 23.3 Å². The van der Waals surface area contributed by atoms with Crippen molar-refractivity contribution >= 4 is 33.9 Å². The molecule has 0 saturated heterocycles. The zero-order valence-corrected chi connectivity index (χ0v) is 14.4. The molecule has 3 rings (SSSR count). The average molecular weight is 378 g/mol. The number of aromatic amines is 1. The van der Waals surface area contributed by atoms with Crippen LogP contribution in [0.1, 0.15) is 18.2 Å². The summed E-state index contributed by atoms with van der Waals surface area (Å²) < 4.78 is 39.6. The first-order valence-corrected chi connectivity index (χ1v) is 8.30. The number of hydrogen-bond donors (Lipinski definition) is 1. The number of benzene rings is 2. The van der Waals surface area contributed by atoms with Crippen molar-refractivity contribution in [1.82, 2.24) is 4.98 Å². The molecule has 0 unspecified atom stereocenters. The minimum atomic E-state index is -4.82. The van der Waals surface area contributed by atoms with Crippen LogP contribution in [-0.4, -0.2) is 9.91 Å². The van der Waals surface area contributed by atoms with Crippen molar-refractivity contribution in [1.29, 1.82) is 0 Å². The first-order valence-electron chi connectivity index (χ1n) is 7.48. The van der Waals surface area contributed by atoms with Crippen LogP contribution in [0.15, 0.2) is 58.8 Å². The number of nitro benzene ring substituents is 1. The summed E-state index contributed by atoms with van der Waals surface area (Å²) >= 11 is 1.32. The SMILES string of the molecule is C=C(C)c1[nH]c2cc(C(F)(F)F)c([N+](=O)[O-])cc2c1Sc1ccccc1. The summed E-state index contributed by atoms with van der Waals surface area (Å²) in [4.78, 5) is 14.6. The molecule has 0 aliphatic heterocycles. The van der Waals surface area contributed by atoms with Gasteiger partial charge in [-0.3, -0.25) is 10.1 Å². The van der Waals surface area contributed by atoms with Gasteiger partial charge in [0.15, 0.2) is 0 Å². The van der Waals surface area contributed by atoms with Gasteiger partial charge in [-0.05, 0) is 30.7 Å². The molecule has 1 N–H and O–H groups in total. The van der Waals surface area contributed by atoms with Crippen LogP contribution in [0.2, 0.25) is 0 Å². The second kappa shape index (κ2) is 6.53. The fourth-order valence-corrected chi connectivity index (χ4v) is 3.73. The number of nitro groups is 1. The molecular formula is C18H13F3N2O2S. The third kappa shape index (κ3) is 3.32. The zero-order valence-electron chi connectivity index (χ0n) is 13.6.